The summed E-state index contributed by atoms with van der Waals surface area (Å²) in [6.07, 6.45) is 8.41. The molecule has 1 saturated heterocycles. The number of nitrogens with one attached hydrogen (secondary N) is 2. The molecular weight excluding hydrogens is 380 g/mol. The number of hydrogen-bond donors (Lipinski definition) is 2. The first-order chi connectivity index (χ1) is 14.1. The van der Waals surface area contributed by atoms with Crippen LogP contribution in [0.15, 0.2) is 29.2 Å². The Morgan fingerprint density at radius 3 is 2.69 bits per heavy atom. The molecule has 5 rings (SSSR count). The Labute approximate surface area is 177 Å². The molecule has 5 nitrogen and oxygen atoms in total. The van der Waals surface area contributed by atoms with Crippen molar-refractivity contribution >= 4 is 29.0 Å². The average molecular weight is 411 g/mol. The lowest BCUT2D eigenvalue weighted by Gasteiger charge is -2.35. The van der Waals surface area contributed by atoms with Gasteiger partial charge in [-0.2, -0.15) is 0 Å². The number of aromatic nitrogens is 1. The smallest absolute Gasteiger partial charge is 0.273 e. The third kappa shape index (κ3) is 3.41. The second kappa shape index (κ2) is 7.31. The third-order valence-electron chi connectivity index (χ3n) is 6.90. The number of aryl methyl sites for hydroxylation is 1. The molecule has 2 N–H and O–H groups in total. The summed E-state index contributed by atoms with van der Waals surface area (Å²) in [6.45, 7) is 5.26. The molecule has 3 heterocycles. The molecule has 2 aliphatic heterocycles. The molecule has 0 unspecified atom stereocenters. The fourth-order valence-electron chi connectivity index (χ4n) is 4.90. The van der Waals surface area contributed by atoms with Gasteiger partial charge < -0.3 is 19.5 Å². The number of hydrogen-bond acceptors (Lipinski definition) is 5. The minimum Gasteiger partial charge on any atom is -0.380 e. The van der Waals surface area contributed by atoms with Crippen molar-refractivity contribution in [3.05, 3.63) is 40.3 Å². The van der Waals surface area contributed by atoms with E-state index in [0.717, 1.165) is 43.2 Å². The maximum Gasteiger partial charge on any atom is 0.273 e. The summed E-state index contributed by atoms with van der Waals surface area (Å²) in [5.41, 5.74) is 7.57. The van der Waals surface area contributed by atoms with E-state index in [1.807, 2.05) is 13.2 Å². The molecular formula is C23H30N4OS. The highest BCUT2D eigenvalue weighted by atomic mass is 32.2. The van der Waals surface area contributed by atoms with E-state index in [9.17, 15) is 4.79 Å². The summed E-state index contributed by atoms with van der Waals surface area (Å²) in [5.74, 6) is 1.02. The highest BCUT2D eigenvalue weighted by Gasteiger charge is 2.44. The van der Waals surface area contributed by atoms with Gasteiger partial charge >= 0.3 is 0 Å². The van der Waals surface area contributed by atoms with Crippen LogP contribution in [0.4, 0.5) is 17.1 Å². The molecule has 1 aromatic heterocycles. The predicted octanol–water partition coefficient (Wildman–Crippen LogP) is 4.48. The first kappa shape index (κ1) is 18.9. The lowest BCUT2D eigenvalue weighted by Crippen LogP contribution is -2.34. The predicted molar refractivity (Wildman–Crippen MR) is 124 cm³/mol. The number of fused-ring (bicyclic) bond motifs is 1. The van der Waals surface area contributed by atoms with Crippen molar-refractivity contribution in [3.8, 4) is 11.1 Å². The molecule has 2 fully saturated rings. The van der Waals surface area contributed by atoms with Gasteiger partial charge in [0.05, 0.1) is 0 Å². The minimum atomic E-state index is 0.0762. The lowest BCUT2D eigenvalue weighted by atomic mass is 9.91. The van der Waals surface area contributed by atoms with Crippen molar-refractivity contribution in [1.82, 2.24) is 4.57 Å². The minimum absolute atomic E-state index is 0.0762. The van der Waals surface area contributed by atoms with Gasteiger partial charge in [0.15, 0.2) is 0 Å². The Morgan fingerprint density at radius 2 is 1.97 bits per heavy atom. The van der Waals surface area contributed by atoms with Gasteiger partial charge in [0.1, 0.15) is 5.69 Å². The zero-order valence-electron chi connectivity index (χ0n) is 17.4. The van der Waals surface area contributed by atoms with E-state index in [-0.39, 0.29) is 5.56 Å². The SMILES string of the molecule is CCSNc1ccc(N2CCC3(CC2)CC3)c(-c2cn(C)c(=O)c3c2CCN3)c1. The first-order valence-electron chi connectivity index (χ1n) is 10.8. The zero-order chi connectivity index (χ0) is 20.0. The molecule has 29 heavy (non-hydrogen) atoms. The molecule has 3 aliphatic rings. The summed E-state index contributed by atoms with van der Waals surface area (Å²) in [4.78, 5) is 15.2. The number of rotatable bonds is 5. The van der Waals surface area contributed by atoms with Crippen LogP contribution in [-0.2, 0) is 13.5 Å². The van der Waals surface area contributed by atoms with Crippen molar-refractivity contribution in [2.75, 3.05) is 40.3 Å². The number of nitrogens with zero attached hydrogens (tertiary/aromatic N) is 2. The molecule has 6 heteroatoms. The van der Waals surface area contributed by atoms with Gasteiger partial charge in [-0.3, -0.25) is 4.79 Å². The molecule has 0 amide bonds. The number of pyridine rings is 1. The molecule has 1 spiro atoms. The van der Waals surface area contributed by atoms with Crippen molar-refractivity contribution in [1.29, 1.82) is 0 Å². The van der Waals surface area contributed by atoms with Gasteiger partial charge in [-0.25, -0.2) is 0 Å². The van der Waals surface area contributed by atoms with Crippen LogP contribution < -0.4 is 20.5 Å². The molecule has 1 saturated carbocycles. The zero-order valence-corrected chi connectivity index (χ0v) is 18.2. The van der Waals surface area contributed by atoms with Crippen LogP contribution in [0.2, 0.25) is 0 Å². The van der Waals surface area contributed by atoms with Gasteiger partial charge in [0, 0.05) is 61.1 Å². The fraction of sp³-hybridized carbons (Fsp3) is 0.522. The van der Waals surface area contributed by atoms with Crippen molar-refractivity contribution < 1.29 is 0 Å². The van der Waals surface area contributed by atoms with Crippen LogP contribution in [0, 0.1) is 5.41 Å². The summed E-state index contributed by atoms with van der Waals surface area (Å²) in [6, 6.07) is 6.75. The highest BCUT2D eigenvalue weighted by molar-refractivity contribution is 8.00. The quantitative estimate of drug-likeness (QED) is 0.712. The Hall–Kier alpha value is -2.08. The van der Waals surface area contributed by atoms with E-state index in [1.54, 1.807) is 16.5 Å². The summed E-state index contributed by atoms with van der Waals surface area (Å²) in [7, 11) is 1.86. The number of piperidine rings is 1. The van der Waals surface area contributed by atoms with Crippen LogP contribution in [0.3, 0.4) is 0 Å². The maximum atomic E-state index is 12.6. The van der Waals surface area contributed by atoms with E-state index in [1.165, 1.54) is 48.1 Å². The second-order valence-corrected chi connectivity index (χ2v) is 9.81. The fourth-order valence-corrected chi connectivity index (χ4v) is 5.34. The first-order valence-corrected chi connectivity index (χ1v) is 11.8. The Bertz CT molecular complexity index is 985. The molecule has 0 radical (unpaired) electrons. The van der Waals surface area contributed by atoms with Crippen molar-refractivity contribution in [3.63, 3.8) is 0 Å². The molecule has 154 valence electrons. The van der Waals surface area contributed by atoms with E-state index in [4.69, 9.17) is 0 Å². The third-order valence-corrected chi connectivity index (χ3v) is 7.57. The molecule has 1 aliphatic carbocycles. The van der Waals surface area contributed by atoms with Crippen molar-refractivity contribution in [2.24, 2.45) is 12.5 Å². The second-order valence-electron chi connectivity index (χ2n) is 8.74. The average Bonchev–Trinajstić information content (AvgIpc) is 3.30. The van der Waals surface area contributed by atoms with Gasteiger partial charge in [0.25, 0.3) is 5.56 Å². The lowest BCUT2D eigenvalue weighted by molar-refractivity contribution is 0.384. The van der Waals surface area contributed by atoms with Crippen molar-refractivity contribution in [2.45, 2.75) is 39.0 Å². The largest absolute Gasteiger partial charge is 0.380 e. The normalized spacial score (nSPS) is 19.2. The Kier molecular flexibility index (Phi) is 4.77. The monoisotopic (exact) mass is 410 g/mol. The Balaban J connectivity index is 1.59. The van der Waals surface area contributed by atoms with Crippen LogP contribution in [0.25, 0.3) is 11.1 Å². The maximum absolute atomic E-state index is 12.6. The van der Waals surface area contributed by atoms with Gasteiger partial charge in [0.2, 0.25) is 0 Å². The molecule has 2 aromatic rings. The van der Waals surface area contributed by atoms with Crippen LogP contribution in [-0.4, -0.2) is 30.0 Å². The van der Waals surface area contributed by atoms with E-state index >= 15 is 0 Å². The Morgan fingerprint density at radius 1 is 1.17 bits per heavy atom. The number of anilines is 3. The summed E-state index contributed by atoms with van der Waals surface area (Å²) < 4.78 is 5.19. The number of benzene rings is 1. The summed E-state index contributed by atoms with van der Waals surface area (Å²) in [5, 5.41) is 3.32. The van der Waals surface area contributed by atoms with E-state index in [2.05, 4.69) is 40.1 Å². The van der Waals surface area contributed by atoms with Crippen LogP contribution >= 0.6 is 11.9 Å². The van der Waals surface area contributed by atoms with Crippen LogP contribution in [0.5, 0.6) is 0 Å². The molecule has 1 aromatic carbocycles. The van der Waals surface area contributed by atoms with E-state index < -0.39 is 0 Å². The highest BCUT2D eigenvalue weighted by Crippen LogP contribution is 2.54. The van der Waals surface area contributed by atoms with Gasteiger partial charge in [-0.15, -0.1) is 0 Å². The van der Waals surface area contributed by atoms with Gasteiger partial charge in [-0.1, -0.05) is 18.9 Å². The van der Waals surface area contributed by atoms with E-state index in [0.29, 0.717) is 5.41 Å². The summed E-state index contributed by atoms with van der Waals surface area (Å²) >= 11 is 1.71. The topological polar surface area (TPSA) is 49.3 Å². The standard InChI is InChI=1S/C23H30N4OS/c1-3-29-25-16-4-5-20(27-12-9-23(7-8-23)10-13-27)18(14-16)19-15-26(2)22(28)21-17(19)6-11-24-21/h4-5,14-15,24-25H,3,6-13H2,1-2H3. The molecule has 0 atom stereocenters. The van der Waals surface area contributed by atoms with Crippen LogP contribution in [0.1, 0.15) is 38.2 Å². The molecule has 0 bridgehead atoms. The van der Waals surface area contributed by atoms with Gasteiger partial charge in [-0.05, 0) is 61.3 Å².